The molecule has 0 aliphatic carbocycles. The summed E-state index contributed by atoms with van der Waals surface area (Å²) in [5.41, 5.74) is 1.58. The van der Waals surface area contributed by atoms with Gasteiger partial charge in [0.25, 0.3) is 0 Å². The van der Waals surface area contributed by atoms with Crippen LogP contribution in [0.5, 0.6) is 5.75 Å². The lowest BCUT2D eigenvalue weighted by Gasteiger charge is -2.07. The lowest BCUT2D eigenvalue weighted by molar-refractivity contribution is -0.139. The normalized spacial score (nSPS) is 21.4. The van der Waals surface area contributed by atoms with Crippen LogP contribution in [0.25, 0.3) is 11.3 Å². The Labute approximate surface area is 121 Å². The molecule has 1 aliphatic rings. The van der Waals surface area contributed by atoms with Crippen LogP contribution in [0.3, 0.4) is 0 Å². The Bertz CT molecular complexity index is 655. The van der Waals surface area contributed by atoms with E-state index in [1.54, 1.807) is 11.8 Å². The van der Waals surface area contributed by atoms with E-state index in [1.807, 2.05) is 30.5 Å². The van der Waals surface area contributed by atoms with Gasteiger partial charge >= 0.3 is 5.97 Å². The summed E-state index contributed by atoms with van der Waals surface area (Å²) in [7, 11) is 1.61. The van der Waals surface area contributed by atoms with Crippen LogP contribution < -0.4 is 10.1 Å². The first-order chi connectivity index (χ1) is 10.2. The molecule has 0 spiro atoms. The molecule has 2 heterocycles. The van der Waals surface area contributed by atoms with Crippen LogP contribution in [0.4, 0.5) is 0 Å². The summed E-state index contributed by atoms with van der Waals surface area (Å²) < 4.78 is 7.04. The van der Waals surface area contributed by atoms with E-state index in [4.69, 9.17) is 9.84 Å². The Kier molecular flexibility index (Phi) is 3.57. The van der Waals surface area contributed by atoms with Crippen LogP contribution in [0.15, 0.2) is 30.5 Å². The van der Waals surface area contributed by atoms with Gasteiger partial charge < -0.3 is 15.2 Å². The zero-order valence-corrected chi connectivity index (χ0v) is 11.6. The fourth-order valence-corrected chi connectivity index (χ4v) is 2.54. The first-order valence-corrected chi connectivity index (χ1v) is 6.70. The largest absolute Gasteiger partial charge is 0.496 e. The van der Waals surface area contributed by atoms with Crippen molar-refractivity contribution >= 4 is 5.97 Å². The predicted octanol–water partition coefficient (Wildman–Crippen LogP) is 0.941. The predicted molar refractivity (Wildman–Crippen MR) is 75.1 cm³/mol. The van der Waals surface area contributed by atoms with E-state index >= 15 is 0 Å². The van der Waals surface area contributed by atoms with Gasteiger partial charge in [-0.2, -0.15) is 0 Å². The average molecular weight is 288 g/mol. The molecule has 110 valence electrons. The van der Waals surface area contributed by atoms with Crippen molar-refractivity contribution < 1.29 is 14.6 Å². The van der Waals surface area contributed by atoms with E-state index in [1.165, 1.54) is 0 Å². The van der Waals surface area contributed by atoms with Gasteiger partial charge in [0.1, 0.15) is 17.5 Å². The number of para-hydroxylation sites is 1. The molecule has 1 saturated heterocycles. The van der Waals surface area contributed by atoms with Crippen molar-refractivity contribution in [3.05, 3.63) is 30.5 Å². The standard InChI is InChI=1S/C14H16N4O3/c1-21-13-5-3-2-4-10(13)12-8-18(17-16-12)9-6-11(14(19)20)15-7-9/h2-5,8-9,11,15H,6-7H2,1H3,(H,19,20)/t9-,11-/m0/s1. The first kappa shape index (κ1) is 13.6. The molecule has 1 aliphatic heterocycles. The quantitative estimate of drug-likeness (QED) is 0.870. The summed E-state index contributed by atoms with van der Waals surface area (Å²) in [6.07, 6.45) is 2.33. The molecule has 0 unspecified atom stereocenters. The Morgan fingerprint density at radius 2 is 2.29 bits per heavy atom. The zero-order valence-electron chi connectivity index (χ0n) is 11.6. The van der Waals surface area contributed by atoms with Crippen molar-refractivity contribution in [2.75, 3.05) is 13.7 Å². The number of ether oxygens (including phenoxy) is 1. The Morgan fingerprint density at radius 3 is 3.00 bits per heavy atom. The zero-order chi connectivity index (χ0) is 14.8. The SMILES string of the molecule is COc1ccccc1-c1cn([C@@H]2CN[C@H](C(=O)O)C2)nn1. The molecule has 2 aromatic rings. The molecule has 1 aromatic carbocycles. The molecule has 3 rings (SSSR count). The third-order valence-electron chi connectivity index (χ3n) is 3.67. The smallest absolute Gasteiger partial charge is 0.320 e. The fourth-order valence-electron chi connectivity index (χ4n) is 2.54. The molecule has 1 fully saturated rings. The molecule has 7 nitrogen and oxygen atoms in total. The molecule has 7 heteroatoms. The van der Waals surface area contributed by atoms with E-state index in [0.717, 1.165) is 11.3 Å². The maximum absolute atomic E-state index is 11.0. The molecular formula is C14H16N4O3. The van der Waals surface area contributed by atoms with Crippen molar-refractivity contribution in [1.29, 1.82) is 0 Å². The maximum Gasteiger partial charge on any atom is 0.320 e. The summed E-state index contributed by atoms with van der Waals surface area (Å²) in [6, 6.07) is 7.07. The number of methoxy groups -OCH3 is 1. The molecule has 2 N–H and O–H groups in total. The number of carboxylic acid groups (broad SMARTS) is 1. The van der Waals surface area contributed by atoms with Gasteiger partial charge in [-0.15, -0.1) is 5.10 Å². The van der Waals surface area contributed by atoms with E-state index < -0.39 is 12.0 Å². The number of nitrogens with one attached hydrogen (secondary N) is 1. The summed E-state index contributed by atoms with van der Waals surface area (Å²) in [5, 5.41) is 20.3. The molecule has 0 amide bonds. The topological polar surface area (TPSA) is 89.3 Å². The van der Waals surface area contributed by atoms with Crippen molar-refractivity contribution in [1.82, 2.24) is 20.3 Å². The molecule has 0 bridgehead atoms. The van der Waals surface area contributed by atoms with Gasteiger partial charge in [-0.25, -0.2) is 4.68 Å². The van der Waals surface area contributed by atoms with Gasteiger partial charge in [-0.05, 0) is 18.6 Å². The number of aromatic nitrogens is 3. The minimum absolute atomic E-state index is 0.00190. The van der Waals surface area contributed by atoms with Crippen molar-refractivity contribution in [2.45, 2.75) is 18.5 Å². The lowest BCUT2D eigenvalue weighted by Crippen LogP contribution is -2.29. The molecule has 0 radical (unpaired) electrons. The molecule has 21 heavy (non-hydrogen) atoms. The minimum atomic E-state index is -0.831. The van der Waals surface area contributed by atoms with Crippen LogP contribution in [0, 0.1) is 0 Å². The highest BCUT2D eigenvalue weighted by Gasteiger charge is 2.31. The first-order valence-electron chi connectivity index (χ1n) is 6.70. The maximum atomic E-state index is 11.0. The number of hydrogen-bond donors (Lipinski definition) is 2. The van der Waals surface area contributed by atoms with Crippen molar-refractivity contribution in [3.8, 4) is 17.0 Å². The molecule has 2 atom stereocenters. The van der Waals surface area contributed by atoms with Crippen molar-refractivity contribution in [3.63, 3.8) is 0 Å². The van der Waals surface area contributed by atoms with Crippen LogP contribution in [-0.2, 0) is 4.79 Å². The van der Waals surface area contributed by atoms with E-state index in [-0.39, 0.29) is 6.04 Å². The number of carboxylic acids is 1. The van der Waals surface area contributed by atoms with Gasteiger partial charge in [-0.3, -0.25) is 4.79 Å². The van der Waals surface area contributed by atoms with Crippen LogP contribution in [0.2, 0.25) is 0 Å². The second kappa shape index (κ2) is 5.53. The Morgan fingerprint density at radius 1 is 1.48 bits per heavy atom. The lowest BCUT2D eigenvalue weighted by atomic mass is 10.1. The van der Waals surface area contributed by atoms with Crippen molar-refractivity contribution in [2.24, 2.45) is 0 Å². The van der Waals surface area contributed by atoms with E-state index in [9.17, 15) is 4.79 Å². The number of benzene rings is 1. The highest BCUT2D eigenvalue weighted by Crippen LogP contribution is 2.29. The van der Waals surface area contributed by atoms with Gasteiger partial charge in [-0.1, -0.05) is 17.3 Å². The van der Waals surface area contributed by atoms with Crippen LogP contribution >= 0.6 is 0 Å². The van der Waals surface area contributed by atoms with Gasteiger partial charge in [0.05, 0.1) is 19.3 Å². The number of rotatable bonds is 4. The van der Waals surface area contributed by atoms with Gasteiger partial charge in [0.15, 0.2) is 0 Å². The highest BCUT2D eigenvalue weighted by atomic mass is 16.5. The van der Waals surface area contributed by atoms with Gasteiger partial charge in [0.2, 0.25) is 0 Å². The minimum Gasteiger partial charge on any atom is -0.496 e. The molecule has 1 aromatic heterocycles. The molecule has 0 saturated carbocycles. The Hall–Kier alpha value is -2.41. The monoisotopic (exact) mass is 288 g/mol. The summed E-state index contributed by atoms with van der Waals surface area (Å²) in [6.45, 7) is 0.575. The number of hydrogen-bond acceptors (Lipinski definition) is 5. The number of nitrogens with zero attached hydrogens (tertiary/aromatic N) is 3. The second-order valence-corrected chi connectivity index (χ2v) is 4.97. The van der Waals surface area contributed by atoms with E-state index in [0.29, 0.717) is 18.7 Å². The summed E-state index contributed by atoms with van der Waals surface area (Å²) in [5.74, 6) is -0.0972. The van der Waals surface area contributed by atoms with E-state index in [2.05, 4.69) is 15.6 Å². The fraction of sp³-hybridized carbons (Fsp3) is 0.357. The highest BCUT2D eigenvalue weighted by molar-refractivity contribution is 5.74. The average Bonchev–Trinajstić information content (AvgIpc) is 3.16. The van der Waals surface area contributed by atoms with Gasteiger partial charge in [0, 0.05) is 12.1 Å². The second-order valence-electron chi connectivity index (χ2n) is 4.97. The summed E-state index contributed by atoms with van der Waals surface area (Å²) in [4.78, 5) is 11.0. The van der Waals surface area contributed by atoms with Crippen LogP contribution in [-0.4, -0.2) is 45.8 Å². The summed E-state index contributed by atoms with van der Waals surface area (Å²) >= 11 is 0. The molecular weight excluding hydrogens is 272 g/mol. The van der Waals surface area contributed by atoms with Crippen LogP contribution in [0.1, 0.15) is 12.5 Å². The third kappa shape index (κ3) is 2.59. The Balaban J connectivity index is 1.82. The third-order valence-corrected chi connectivity index (χ3v) is 3.67. The number of carbonyl (C=O) groups is 1. The number of aliphatic carboxylic acids is 1.